The molecule has 0 spiro atoms. The Kier molecular flexibility index (Phi) is 3.50. The van der Waals surface area contributed by atoms with Gasteiger partial charge in [-0.05, 0) is 19.4 Å². The Balaban J connectivity index is 2.08. The van der Waals surface area contributed by atoms with Gasteiger partial charge in [-0.15, -0.1) is 0 Å². The minimum absolute atomic E-state index is 0.0563. The van der Waals surface area contributed by atoms with Crippen molar-refractivity contribution in [2.45, 2.75) is 30.3 Å². The van der Waals surface area contributed by atoms with E-state index in [0.717, 1.165) is 25.8 Å². The molecule has 2 heterocycles. The number of sulfone groups is 1. The highest BCUT2D eigenvalue weighted by Crippen LogP contribution is 2.13. The summed E-state index contributed by atoms with van der Waals surface area (Å²) in [5.74, 6) is 0.117. The van der Waals surface area contributed by atoms with Gasteiger partial charge in [0.25, 0.3) is 0 Å². The smallest absolute Gasteiger partial charge is 0.198 e. The molecule has 2 rings (SSSR count). The van der Waals surface area contributed by atoms with E-state index in [4.69, 9.17) is 0 Å². The molecular formula is C10H15N3O2S. The molecule has 1 fully saturated rings. The third kappa shape index (κ3) is 2.76. The van der Waals surface area contributed by atoms with Crippen LogP contribution < -0.4 is 5.32 Å². The molecule has 1 aromatic heterocycles. The molecule has 0 aromatic carbocycles. The maximum atomic E-state index is 12.0. The van der Waals surface area contributed by atoms with Gasteiger partial charge >= 0.3 is 0 Å². The predicted octanol–water partition coefficient (Wildman–Crippen LogP) is 0.392. The van der Waals surface area contributed by atoms with Crippen molar-refractivity contribution in [3.63, 3.8) is 0 Å². The second-order valence-corrected chi connectivity index (χ2v) is 5.95. The summed E-state index contributed by atoms with van der Waals surface area (Å²) >= 11 is 0. The first-order valence-corrected chi connectivity index (χ1v) is 7.06. The fraction of sp³-hybridized carbons (Fsp3) is 0.600. The Morgan fingerprint density at radius 2 is 2.25 bits per heavy atom. The van der Waals surface area contributed by atoms with Crippen LogP contribution in [0.5, 0.6) is 0 Å². The SMILES string of the molecule is O=S(=O)(CC1CCCCN1)c1cnccn1. The molecule has 1 atom stereocenters. The van der Waals surface area contributed by atoms with E-state index in [1.54, 1.807) is 0 Å². The van der Waals surface area contributed by atoms with E-state index >= 15 is 0 Å². The molecule has 0 radical (unpaired) electrons. The lowest BCUT2D eigenvalue weighted by molar-refractivity contribution is 0.423. The molecule has 0 bridgehead atoms. The van der Waals surface area contributed by atoms with Crippen LogP contribution in [0.25, 0.3) is 0 Å². The van der Waals surface area contributed by atoms with Gasteiger partial charge < -0.3 is 5.32 Å². The predicted molar refractivity (Wildman–Crippen MR) is 59.7 cm³/mol. The molecule has 0 saturated carbocycles. The van der Waals surface area contributed by atoms with Gasteiger partial charge in [-0.25, -0.2) is 13.4 Å². The maximum absolute atomic E-state index is 12.0. The van der Waals surface area contributed by atoms with Crippen LogP contribution in [0.3, 0.4) is 0 Å². The van der Waals surface area contributed by atoms with E-state index in [1.807, 2.05) is 0 Å². The van der Waals surface area contributed by atoms with E-state index in [0.29, 0.717) is 0 Å². The Morgan fingerprint density at radius 3 is 2.88 bits per heavy atom. The second kappa shape index (κ2) is 4.88. The summed E-state index contributed by atoms with van der Waals surface area (Å²) < 4.78 is 23.9. The van der Waals surface area contributed by atoms with Gasteiger partial charge in [0.15, 0.2) is 14.9 Å². The highest BCUT2D eigenvalue weighted by atomic mass is 32.2. The van der Waals surface area contributed by atoms with Gasteiger partial charge in [0, 0.05) is 18.4 Å². The second-order valence-electron chi connectivity index (χ2n) is 3.97. The maximum Gasteiger partial charge on any atom is 0.198 e. The van der Waals surface area contributed by atoms with E-state index < -0.39 is 9.84 Å². The van der Waals surface area contributed by atoms with E-state index in [2.05, 4.69) is 15.3 Å². The van der Waals surface area contributed by atoms with Gasteiger partial charge in [-0.1, -0.05) is 6.42 Å². The molecule has 6 heteroatoms. The summed E-state index contributed by atoms with van der Waals surface area (Å²) in [4.78, 5) is 7.62. The Labute approximate surface area is 95.2 Å². The topological polar surface area (TPSA) is 72.0 Å². The van der Waals surface area contributed by atoms with Crippen LogP contribution in [-0.2, 0) is 9.84 Å². The molecule has 1 aromatic rings. The molecule has 88 valence electrons. The average Bonchev–Trinajstić information content (AvgIpc) is 2.31. The lowest BCUT2D eigenvalue weighted by atomic mass is 10.1. The highest BCUT2D eigenvalue weighted by Gasteiger charge is 2.23. The number of piperidine rings is 1. The van der Waals surface area contributed by atoms with E-state index in [9.17, 15) is 8.42 Å². The summed E-state index contributed by atoms with van der Waals surface area (Å²) in [5, 5.41) is 3.29. The van der Waals surface area contributed by atoms with Crippen LogP contribution in [0.1, 0.15) is 19.3 Å². The number of hydrogen-bond donors (Lipinski definition) is 1. The van der Waals surface area contributed by atoms with Crippen molar-refractivity contribution in [1.29, 1.82) is 0 Å². The molecule has 1 aliphatic rings. The van der Waals surface area contributed by atoms with Gasteiger partial charge in [0.2, 0.25) is 0 Å². The molecular weight excluding hydrogens is 226 g/mol. The standard InChI is InChI=1S/C10H15N3O2S/c14-16(15,10-7-11-5-6-13-10)8-9-3-1-2-4-12-9/h5-7,9,12H,1-4,8H2. The van der Waals surface area contributed by atoms with Crippen LogP contribution in [0.2, 0.25) is 0 Å². The summed E-state index contributed by atoms with van der Waals surface area (Å²) in [6.45, 7) is 0.903. The van der Waals surface area contributed by atoms with Crippen LogP contribution in [-0.4, -0.2) is 36.7 Å². The number of rotatable bonds is 3. The monoisotopic (exact) mass is 241 g/mol. The average molecular weight is 241 g/mol. The first kappa shape index (κ1) is 11.5. The molecule has 1 saturated heterocycles. The molecule has 16 heavy (non-hydrogen) atoms. The summed E-state index contributed by atoms with van der Waals surface area (Å²) in [5.41, 5.74) is 0. The fourth-order valence-electron chi connectivity index (χ4n) is 1.86. The van der Waals surface area contributed by atoms with Crippen LogP contribution >= 0.6 is 0 Å². The normalized spacial score (nSPS) is 21.9. The fourth-order valence-corrected chi connectivity index (χ4v) is 3.29. The zero-order chi connectivity index (χ0) is 11.4. The zero-order valence-electron chi connectivity index (χ0n) is 8.96. The third-order valence-electron chi connectivity index (χ3n) is 2.69. The molecule has 1 aliphatic heterocycles. The minimum atomic E-state index is -3.30. The van der Waals surface area contributed by atoms with E-state index in [-0.39, 0.29) is 16.8 Å². The summed E-state index contributed by atoms with van der Waals surface area (Å²) in [7, 11) is -3.30. The number of nitrogens with one attached hydrogen (secondary N) is 1. The van der Waals surface area contributed by atoms with Crippen molar-refractivity contribution in [3.05, 3.63) is 18.6 Å². The third-order valence-corrected chi connectivity index (χ3v) is 4.38. The van der Waals surface area contributed by atoms with Crippen molar-refractivity contribution >= 4 is 9.84 Å². The minimum Gasteiger partial charge on any atom is -0.313 e. The lowest BCUT2D eigenvalue weighted by Crippen LogP contribution is -2.39. The Hall–Kier alpha value is -1.01. The number of nitrogens with zero attached hydrogens (tertiary/aromatic N) is 2. The van der Waals surface area contributed by atoms with Crippen molar-refractivity contribution in [2.75, 3.05) is 12.3 Å². The number of hydrogen-bond acceptors (Lipinski definition) is 5. The molecule has 5 nitrogen and oxygen atoms in total. The largest absolute Gasteiger partial charge is 0.313 e. The van der Waals surface area contributed by atoms with Gasteiger partial charge in [0.1, 0.15) is 0 Å². The van der Waals surface area contributed by atoms with Crippen molar-refractivity contribution in [1.82, 2.24) is 15.3 Å². The first-order valence-electron chi connectivity index (χ1n) is 5.41. The quantitative estimate of drug-likeness (QED) is 0.829. The molecule has 0 amide bonds. The van der Waals surface area contributed by atoms with E-state index in [1.165, 1.54) is 18.6 Å². The van der Waals surface area contributed by atoms with Crippen molar-refractivity contribution < 1.29 is 8.42 Å². The zero-order valence-corrected chi connectivity index (χ0v) is 9.78. The van der Waals surface area contributed by atoms with Crippen molar-refractivity contribution in [3.8, 4) is 0 Å². The summed E-state index contributed by atoms with van der Waals surface area (Å²) in [6.07, 6.45) is 7.31. The first-order chi connectivity index (χ1) is 7.68. The van der Waals surface area contributed by atoms with Gasteiger partial charge in [0.05, 0.1) is 11.9 Å². The Bertz CT molecular complexity index is 427. The molecule has 0 aliphatic carbocycles. The van der Waals surface area contributed by atoms with Gasteiger partial charge in [-0.3, -0.25) is 4.98 Å². The van der Waals surface area contributed by atoms with Crippen LogP contribution in [0.4, 0.5) is 0 Å². The Morgan fingerprint density at radius 1 is 1.38 bits per heavy atom. The van der Waals surface area contributed by atoms with Crippen molar-refractivity contribution in [2.24, 2.45) is 0 Å². The van der Waals surface area contributed by atoms with Crippen LogP contribution in [0, 0.1) is 0 Å². The highest BCUT2D eigenvalue weighted by molar-refractivity contribution is 7.91. The summed E-state index contributed by atoms with van der Waals surface area (Å²) in [6, 6.07) is 0.0563. The van der Waals surface area contributed by atoms with Crippen LogP contribution in [0.15, 0.2) is 23.6 Å². The van der Waals surface area contributed by atoms with Gasteiger partial charge in [-0.2, -0.15) is 0 Å². The molecule has 1 unspecified atom stereocenters. The lowest BCUT2D eigenvalue weighted by Gasteiger charge is -2.22. The molecule has 1 N–H and O–H groups in total. The number of aromatic nitrogens is 2.